The van der Waals surface area contributed by atoms with Crippen molar-refractivity contribution < 1.29 is 4.79 Å². The van der Waals surface area contributed by atoms with Crippen molar-refractivity contribution in [1.29, 1.82) is 0 Å². The zero-order valence-electron chi connectivity index (χ0n) is 11.2. The summed E-state index contributed by atoms with van der Waals surface area (Å²) in [6.07, 6.45) is 4.57. The van der Waals surface area contributed by atoms with Gasteiger partial charge in [0.05, 0.1) is 0 Å². The molecule has 0 saturated heterocycles. The molecule has 2 nitrogen and oxygen atoms in total. The number of hydrogen-bond donors (Lipinski definition) is 0. The van der Waals surface area contributed by atoms with E-state index in [4.69, 9.17) is 0 Å². The van der Waals surface area contributed by atoms with E-state index < -0.39 is 0 Å². The largest absolute Gasteiger partial charge is 0.336 e. The number of carbonyl (C=O) groups is 1. The molecule has 0 aromatic heterocycles. The second kappa shape index (κ2) is 6.89. The van der Waals surface area contributed by atoms with E-state index in [1.54, 1.807) is 0 Å². The third-order valence-electron chi connectivity index (χ3n) is 3.74. The quantitative estimate of drug-likeness (QED) is 0.678. The van der Waals surface area contributed by atoms with E-state index in [1.165, 1.54) is 6.42 Å². The van der Waals surface area contributed by atoms with Gasteiger partial charge in [0.2, 0.25) is 0 Å². The number of halogens is 2. The molecule has 1 amide bonds. The molecule has 0 bridgehead atoms. The lowest BCUT2D eigenvalue weighted by atomic mass is 9.90. The first-order valence-electron chi connectivity index (χ1n) is 6.76. The minimum Gasteiger partial charge on any atom is -0.336 e. The van der Waals surface area contributed by atoms with E-state index in [1.807, 2.05) is 25.1 Å². The zero-order chi connectivity index (χ0) is 13.8. The summed E-state index contributed by atoms with van der Waals surface area (Å²) in [7, 11) is 0. The Morgan fingerprint density at radius 1 is 1.42 bits per heavy atom. The monoisotopic (exact) mass is 387 g/mol. The van der Waals surface area contributed by atoms with Crippen LogP contribution in [0.5, 0.6) is 0 Å². The molecule has 0 radical (unpaired) electrons. The third-order valence-corrected chi connectivity index (χ3v) is 4.79. The first-order chi connectivity index (χ1) is 9.13. The zero-order valence-corrected chi connectivity index (χ0v) is 14.3. The summed E-state index contributed by atoms with van der Waals surface area (Å²) in [4.78, 5) is 14.8. The fourth-order valence-electron chi connectivity index (χ4n) is 2.36. The van der Waals surface area contributed by atoms with Crippen LogP contribution in [0.15, 0.2) is 22.7 Å². The minimum atomic E-state index is 0.185. The van der Waals surface area contributed by atoms with Crippen LogP contribution in [-0.2, 0) is 0 Å². The normalized spacial score (nSPS) is 15.1. The van der Waals surface area contributed by atoms with E-state index in [9.17, 15) is 4.79 Å². The van der Waals surface area contributed by atoms with Crippen molar-refractivity contribution in [3.8, 4) is 0 Å². The molecule has 4 heteroatoms. The molecule has 1 aromatic carbocycles. The summed E-state index contributed by atoms with van der Waals surface area (Å²) < 4.78 is 0.968. The minimum absolute atomic E-state index is 0.185. The van der Waals surface area contributed by atoms with Crippen molar-refractivity contribution in [3.05, 3.63) is 33.8 Å². The molecule has 19 heavy (non-hydrogen) atoms. The maximum absolute atomic E-state index is 12.7. The lowest BCUT2D eigenvalue weighted by Crippen LogP contribution is -2.45. The van der Waals surface area contributed by atoms with Gasteiger partial charge in [-0.3, -0.25) is 4.79 Å². The van der Waals surface area contributed by atoms with Gasteiger partial charge in [0.15, 0.2) is 0 Å². The van der Waals surface area contributed by atoms with Crippen molar-refractivity contribution >= 4 is 37.8 Å². The van der Waals surface area contributed by atoms with E-state index in [0.29, 0.717) is 6.04 Å². The average molecular weight is 389 g/mol. The van der Waals surface area contributed by atoms with E-state index >= 15 is 0 Å². The lowest BCUT2D eigenvalue weighted by molar-refractivity contribution is 0.0580. The molecule has 1 aliphatic rings. The maximum Gasteiger partial charge on any atom is 0.254 e. The number of amides is 1. The fraction of sp³-hybridized carbons (Fsp3) is 0.533. The van der Waals surface area contributed by atoms with Gasteiger partial charge in [0.1, 0.15) is 0 Å². The standard InChI is InChI=1S/C15H19Br2NO/c1-11-6-7-12(17)10-14(11)15(19)18(9-3-8-16)13-4-2-5-13/h6-7,10,13H,2-5,8-9H2,1H3. The molecule has 1 aliphatic carbocycles. The Bertz CT molecular complexity index is 457. The van der Waals surface area contributed by atoms with Crippen LogP contribution in [0.4, 0.5) is 0 Å². The Labute approximate surface area is 131 Å². The van der Waals surface area contributed by atoms with Crippen molar-refractivity contribution in [2.75, 3.05) is 11.9 Å². The van der Waals surface area contributed by atoms with Crippen molar-refractivity contribution in [3.63, 3.8) is 0 Å². The van der Waals surface area contributed by atoms with Gasteiger partial charge >= 0.3 is 0 Å². The van der Waals surface area contributed by atoms with E-state index in [0.717, 1.165) is 46.7 Å². The summed E-state index contributed by atoms with van der Waals surface area (Å²) in [5.41, 5.74) is 1.88. The Kier molecular flexibility index (Phi) is 5.46. The van der Waals surface area contributed by atoms with Crippen LogP contribution in [0.2, 0.25) is 0 Å². The molecule has 104 valence electrons. The number of benzene rings is 1. The van der Waals surface area contributed by atoms with Crippen LogP contribution in [0.1, 0.15) is 41.6 Å². The van der Waals surface area contributed by atoms with Crippen molar-refractivity contribution in [2.45, 2.75) is 38.6 Å². The smallest absolute Gasteiger partial charge is 0.254 e. The lowest BCUT2D eigenvalue weighted by Gasteiger charge is -2.38. The van der Waals surface area contributed by atoms with Gasteiger partial charge in [-0.15, -0.1) is 0 Å². The van der Waals surface area contributed by atoms with E-state index in [2.05, 4.69) is 36.8 Å². The summed E-state index contributed by atoms with van der Waals surface area (Å²) >= 11 is 6.91. The highest BCUT2D eigenvalue weighted by atomic mass is 79.9. The number of hydrogen-bond acceptors (Lipinski definition) is 1. The number of carbonyl (C=O) groups excluding carboxylic acids is 1. The number of rotatable bonds is 5. The Hall–Kier alpha value is -0.350. The van der Waals surface area contributed by atoms with Gasteiger partial charge in [-0.2, -0.15) is 0 Å². The fourth-order valence-corrected chi connectivity index (χ4v) is 2.97. The van der Waals surface area contributed by atoms with Crippen LogP contribution in [0.25, 0.3) is 0 Å². The highest BCUT2D eigenvalue weighted by Crippen LogP contribution is 2.28. The van der Waals surface area contributed by atoms with E-state index in [-0.39, 0.29) is 5.91 Å². The van der Waals surface area contributed by atoms with Crippen LogP contribution in [-0.4, -0.2) is 28.7 Å². The summed E-state index contributed by atoms with van der Waals surface area (Å²) in [5.74, 6) is 0.185. The molecule has 0 atom stereocenters. The van der Waals surface area contributed by atoms with Crippen LogP contribution in [0.3, 0.4) is 0 Å². The van der Waals surface area contributed by atoms with Gasteiger partial charge in [0, 0.05) is 28.0 Å². The van der Waals surface area contributed by atoms with Gasteiger partial charge < -0.3 is 4.90 Å². The SMILES string of the molecule is Cc1ccc(Br)cc1C(=O)N(CCCBr)C1CCC1. The predicted molar refractivity (Wildman–Crippen MR) is 86.0 cm³/mol. The highest BCUT2D eigenvalue weighted by Gasteiger charge is 2.29. The molecule has 2 rings (SSSR count). The molecule has 1 aromatic rings. The average Bonchev–Trinajstić information content (AvgIpc) is 2.34. The molecule has 1 saturated carbocycles. The number of alkyl halides is 1. The van der Waals surface area contributed by atoms with Crippen LogP contribution in [0, 0.1) is 6.92 Å². The maximum atomic E-state index is 12.7. The third kappa shape index (κ3) is 3.60. The van der Waals surface area contributed by atoms with Crippen molar-refractivity contribution in [1.82, 2.24) is 4.90 Å². The van der Waals surface area contributed by atoms with Crippen molar-refractivity contribution in [2.24, 2.45) is 0 Å². The molecule has 1 fully saturated rings. The summed E-state index contributed by atoms with van der Waals surface area (Å²) in [5, 5.41) is 0.945. The molecule has 0 heterocycles. The second-order valence-corrected chi connectivity index (χ2v) is 6.79. The first-order valence-corrected chi connectivity index (χ1v) is 8.68. The first kappa shape index (κ1) is 15.0. The highest BCUT2D eigenvalue weighted by molar-refractivity contribution is 9.10. The number of aryl methyl sites for hydroxylation is 1. The Balaban J connectivity index is 2.19. The van der Waals surface area contributed by atoms with Gasteiger partial charge in [-0.05, 0) is 50.3 Å². The molecule has 0 aliphatic heterocycles. The predicted octanol–water partition coefficient (Wildman–Crippen LogP) is 4.54. The molecule has 0 spiro atoms. The summed E-state index contributed by atoms with van der Waals surface area (Å²) in [6, 6.07) is 6.38. The Morgan fingerprint density at radius 2 is 2.16 bits per heavy atom. The second-order valence-electron chi connectivity index (χ2n) is 5.09. The molecular formula is C15H19Br2NO. The molecule has 0 N–H and O–H groups in total. The van der Waals surface area contributed by atoms with Gasteiger partial charge in [-0.25, -0.2) is 0 Å². The van der Waals surface area contributed by atoms with Crippen LogP contribution < -0.4 is 0 Å². The van der Waals surface area contributed by atoms with Gasteiger partial charge in [-0.1, -0.05) is 37.9 Å². The molecule has 0 unspecified atom stereocenters. The summed E-state index contributed by atoms with van der Waals surface area (Å²) in [6.45, 7) is 2.85. The van der Waals surface area contributed by atoms with Gasteiger partial charge in [0.25, 0.3) is 5.91 Å². The Morgan fingerprint density at radius 3 is 2.74 bits per heavy atom. The number of nitrogens with zero attached hydrogens (tertiary/aromatic N) is 1. The molecular weight excluding hydrogens is 370 g/mol. The topological polar surface area (TPSA) is 20.3 Å². The van der Waals surface area contributed by atoms with Crippen LogP contribution >= 0.6 is 31.9 Å².